The van der Waals surface area contributed by atoms with Crippen LogP contribution in [0.5, 0.6) is 0 Å². The molecule has 1 saturated heterocycles. The maximum Gasteiger partial charge on any atom is 0.261 e. The van der Waals surface area contributed by atoms with Crippen LogP contribution >= 0.6 is 0 Å². The summed E-state index contributed by atoms with van der Waals surface area (Å²) in [7, 11) is 0. The van der Waals surface area contributed by atoms with Gasteiger partial charge in [0.15, 0.2) is 0 Å². The molecule has 0 spiro atoms. The Hall–Kier alpha value is -1.79. The van der Waals surface area contributed by atoms with Gasteiger partial charge in [-0.05, 0) is 44.9 Å². The Balaban J connectivity index is 2.09. The van der Waals surface area contributed by atoms with Crippen LogP contribution in [0.1, 0.15) is 51.9 Å². The van der Waals surface area contributed by atoms with E-state index in [1.54, 1.807) is 10.6 Å². The van der Waals surface area contributed by atoms with Crippen molar-refractivity contribution in [2.75, 3.05) is 19.6 Å². The van der Waals surface area contributed by atoms with E-state index in [9.17, 15) is 9.18 Å². The minimum Gasteiger partial charge on any atom is -0.313 e. The van der Waals surface area contributed by atoms with Crippen LogP contribution in [0.3, 0.4) is 0 Å². The van der Waals surface area contributed by atoms with Gasteiger partial charge in [-0.2, -0.15) is 0 Å². The molecule has 0 saturated carbocycles. The van der Waals surface area contributed by atoms with Crippen LogP contribution in [0.15, 0.2) is 23.0 Å². The Bertz CT molecular complexity index is 819. The van der Waals surface area contributed by atoms with Crippen molar-refractivity contribution in [1.29, 1.82) is 0 Å². The largest absolute Gasteiger partial charge is 0.313 e. The van der Waals surface area contributed by atoms with Crippen molar-refractivity contribution in [3.8, 4) is 0 Å². The molecule has 1 aromatic heterocycles. The SMILES string of the molecule is CCCC(c1nc2ccc(F)cc2c(=O)n1CC)N1CCN[C@@H](C)CC1. The van der Waals surface area contributed by atoms with E-state index in [0.717, 1.165) is 44.7 Å². The first-order chi connectivity index (χ1) is 12.5. The van der Waals surface area contributed by atoms with Gasteiger partial charge in [-0.3, -0.25) is 14.3 Å². The minimum atomic E-state index is -0.399. The van der Waals surface area contributed by atoms with Crippen LogP contribution in [-0.4, -0.2) is 40.1 Å². The van der Waals surface area contributed by atoms with Crippen molar-refractivity contribution in [2.45, 2.75) is 58.7 Å². The van der Waals surface area contributed by atoms with Gasteiger partial charge in [0.25, 0.3) is 5.56 Å². The van der Waals surface area contributed by atoms with E-state index in [4.69, 9.17) is 4.98 Å². The molecule has 1 aliphatic rings. The Morgan fingerprint density at radius 1 is 1.35 bits per heavy atom. The van der Waals surface area contributed by atoms with Gasteiger partial charge in [0, 0.05) is 32.2 Å². The van der Waals surface area contributed by atoms with E-state index in [-0.39, 0.29) is 11.6 Å². The van der Waals surface area contributed by atoms with E-state index >= 15 is 0 Å². The fourth-order valence-corrected chi connectivity index (χ4v) is 3.86. The molecule has 5 nitrogen and oxygen atoms in total. The van der Waals surface area contributed by atoms with Gasteiger partial charge in [0.05, 0.1) is 16.9 Å². The fourth-order valence-electron chi connectivity index (χ4n) is 3.86. The van der Waals surface area contributed by atoms with Crippen LogP contribution in [0.2, 0.25) is 0 Å². The molecule has 26 heavy (non-hydrogen) atoms. The van der Waals surface area contributed by atoms with Crippen molar-refractivity contribution in [1.82, 2.24) is 19.8 Å². The molecule has 2 heterocycles. The number of nitrogens with zero attached hydrogens (tertiary/aromatic N) is 3. The Kier molecular flexibility index (Phi) is 6.04. The molecule has 142 valence electrons. The van der Waals surface area contributed by atoms with Crippen molar-refractivity contribution in [3.63, 3.8) is 0 Å². The first-order valence-electron chi connectivity index (χ1n) is 9.72. The monoisotopic (exact) mass is 360 g/mol. The molecule has 2 aromatic rings. The maximum absolute atomic E-state index is 13.6. The summed E-state index contributed by atoms with van der Waals surface area (Å²) in [6, 6.07) is 4.90. The highest BCUT2D eigenvalue weighted by molar-refractivity contribution is 5.77. The lowest BCUT2D eigenvalue weighted by Crippen LogP contribution is -2.37. The first-order valence-corrected chi connectivity index (χ1v) is 9.72. The summed E-state index contributed by atoms with van der Waals surface area (Å²) in [5, 5.41) is 3.88. The molecule has 0 aliphatic carbocycles. The van der Waals surface area contributed by atoms with Gasteiger partial charge in [-0.25, -0.2) is 9.37 Å². The lowest BCUT2D eigenvalue weighted by molar-refractivity contribution is 0.184. The number of hydrogen-bond acceptors (Lipinski definition) is 4. The summed E-state index contributed by atoms with van der Waals surface area (Å²) in [5.41, 5.74) is 0.438. The van der Waals surface area contributed by atoms with E-state index < -0.39 is 5.82 Å². The van der Waals surface area contributed by atoms with Gasteiger partial charge in [-0.15, -0.1) is 0 Å². The zero-order chi connectivity index (χ0) is 18.7. The molecular formula is C20H29FN4O. The summed E-state index contributed by atoms with van der Waals surface area (Å²) in [5.74, 6) is 0.414. The number of benzene rings is 1. The van der Waals surface area contributed by atoms with Gasteiger partial charge in [0.1, 0.15) is 11.6 Å². The number of aromatic nitrogens is 2. The third-order valence-corrected chi connectivity index (χ3v) is 5.30. The highest BCUT2D eigenvalue weighted by Crippen LogP contribution is 2.26. The molecule has 2 atom stereocenters. The van der Waals surface area contributed by atoms with E-state index in [1.165, 1.54) is 12.1 Å². The number of nitrogens with one attached hydrogen (secondary N) is 1. The van der Waals surface area contributed by atoms with E-state index in [1.807, 2.05) is 6.92 Å². The predicted molar refractivity (Wildman–Crippen MR) is 103 cm³/mol. The van der Waals surface area contributed by atoms with E-state index in [2.05, 4.69) is 24.1 Å². The lowest BCUT2D eigenvalue weighted by atomic mass is 10.1. The molecule has 0 amide bonds. The molecule has 1 fully saturated rings. The van der Waals surface area contributed by atoms with Gasteiger partial charge in [-0.1, -0.05) is 13.3 Å². The molecular weight excluding hydrogens is 331 g/mol. The minimum absolute atomic E-state index is 0.106. The summed E-state index contributed by atoms with van der Waals surface area (Å²) in [6.45, 7) is 9.73. The third kappa shape index (κ3) is 3.81. The summed E-state index contributed by atoms with van der Waals surface area (Å²) < 4.78 is 15.3. The average molecular weight is 360 g/mol. The topological polar surface area (TPSA) is 50.2 Å². The highest BCUT2D eigenvalue weighted by Gasteiger charge is 2.26. The second-order valence-electron chi connectivity index (χ2n) is 7.17. The molecule has 1 N–H and O–H groups in total. The number of halogens is 1. The quantitative estimate of drug-likeness (QED) is 0.890. The maximum atomic E-state index is 13.6. The Labute approximate surface area is 154 Å². The normalized spacial score (nSPS) is 20.2. The van der Waals surface area contributed by atoms with Crippen LogP contribution < -0.4 is 10.9 Å². The zero-order valence-corrected chi connectivity index (χ0v) is 16.0. The van der Waals surface area contributed by atoms with Gasteiger partial charge in [0.2, 0.25) is 0 Å². The average Bonchev–Trinajstić information content (AvgIpc) is 2.85. The smallest absolute Gasteiger partial charge is 0.261 e. The second kappa shape index (κ2) is 8.27. The third-order valence-electron chi connectivity index (χ3n) is 5.30. The molecule has 0 radical (unpaired) electrons. The van der Waals surface area contributed by atoms with Crippen molar-refractivity contribution in [3.05, 3.63) is 40.2 Å². The molecule has 1 aliphatic heterocycles. The standard InChI is InChI=1S/C20H29FN4O/c1-4-6-18(24-11-9-14(3)22-10-12-24)19-23-17-8-7-15(21)13-16(17)20(26)25(19)5-2/h7-8,13-14,18,22H,4-6,9-12H2,1-3H3/t14-,18?/m0/s1. The van der Waals surface area contributed by atoms with Crippen molar-refractivity contribution < 1.29 is 4.39 Å². The van der Waals surface area contributed by atoms with Crippen LogP contribution in [0.4, 0.5) is 4.39 Å². The highest BCUT2D eigenvalue weighted by atomic mass is 19.1. The number of hydrogen-bond donors (Lipinski definition) is 1. The number of rotatable bonds is 5. The van der Waals surface area contributed by atoms with Crippen molar-refractivity contribution in [2.24, 2.45) is 0 Å². The summed E-state index contributed by atoms with van der Waals surface area (Å²) in [6.07, 6.45) is 3.05. The van der Waals surface area contributed by atoms with Crippen LogP contribution in [0, 0.1) is 5.82 Å². The lowest BCUT2D eigenvalue weighted by Gasteiger charge is -2.31. The van der Waals surface area contributed by atoms with E-state index in [0.29, 0.717) is 23.5 Å². The second-order valence-corrected chi connectivity index (χ2v) is 7.17. The molecule has 3 rings (SSSR count). The van der Waals surface area contributed by atoms with Crippen LogP contribution in [0.25, 0.3) is 10.9 Å². The van der Waals surface area contributed by atoms with Gasteiger partial charge < -0.3 is 5.32 Å². The molecule has 1 aromatic carbocycles. The Morgan fingerprint density at radius 2 is 2.15 bits per heavy atom. The van der Waals surface area contributed by atoms with Gasteiger partial charge >= 0.3 is 0 Å². The predicted octanol–water partition coefficient (Wildman–Crippen LogP) is 3.08. The van der Waals surface area contributed by atoms with Crippen molar-refractivity contribution >= 4 is 10.9 Å². The molecule has 1 unspecified atom stereocenters. The van der Waals surface area contributed by atoms with Crippen LogP contribution in [-0.2, 0) is 6.54 Å². The molecule has 6 heteroatoms. The Morgan fingerprint density at radius 3 is 2.88 bits per heavy atom. The summed E-state index contributed by atoms with van der Waals surface area (Å²) in [4.78, 5) is 20.2. The fraction of sp³-hybridized carbons (Fsp3) is 0.600. The first kappa shape index (κ1) is 19.0. The molecule has 0 bridgehead atoms. The number of fused-ring (bicyclic) bond motifs is 1. The summed E-state index contributed by atoms with van der Waals surface area (Å²) >= 11 is 0. The zero-order valence-electron chi connectivity index (χ0n) is 16.0.